The first-order valence-electron chi connectivity index (χ1n) is 8.80. The second kappa shape index (κ2) is 8.04. The zero-order chi connectivity index (χ0) is 18.7. The lowest BCUT2D eigenvalue weighted by Crippen LogP contribution is -2.46. The first-order valence-corrected chi connectivity index (χ1v) is 11.1. The number of carbonyl (C=O) groups is 1. The smallest absolute Gasteiger partial charge is 0.349 e. The van der Waals surface area contributed by atoms with Crippen molar-refractivity contribution in [3.05, 3.63) is 29.1 Å². The van der Waals surface area contributed by atoms with E-state index in [9.17, 15) is 13.2 Å². The third kappa shape index (κ3) is 3.78. The van der Waals surface area contributed by atoms with Crippen molar-refractivity contribution < 1.29 is 17.9 Å². The first-order chi connectivity index (χ1) is 12.5. The van der Waals surface area contributed by atoms with Crippen LogP contribution >= 0.6 is 11.3 Å². The Morgan fingerprint density at radius 3 is 2.65 bits per heavy atom. The molecule has 0 aliphatic heterocycles. The summed E-state index contributed by atoms with van der Waals surface area (Å²) in [5.41, 5.74) is 5.88. The average Bonchev–Trinajstić information content (AvgIpc) is 3.06. The van der Waals surface area contributed by atoms with E-state index >= 15 is 0 Å². The van der Waals surface area contributed by atoms with Crippen LogP contribution in [0.1, 0.15) is 41.8 Å². The van der Waals surface area contributed by atoms with Gasteiger partial charge in [-0.05, 0) is 24.8 Å². The normalized spacial score (nSPS) is 17.3. The van der Waals surface area contributed by atoms with Gasteiger partial charge < -0.3 is 10.5 Å². The van der Waals surface area contributed by atoms with E-state index in [1.807, 2.05) is 6.07 Å². The number of hydrogen-bond donors (Lipinski definition) is 2. The molecule has 1 atom stereocenters. The van der Waals surface area contributed by atoms with Crippen LogP contribution in [0.3, 0.4) is 0 Å². The molecule has 0 bridgehead atoms. The number of methoxy groups -OCH3 is 1. The summed E-state index contributed by atoms with van der Waals surface area (Å²) in [6, 6.07) is 6.76. The highest BCUT2D eigenvalue weighted by Gasteiger charge is 2.33. The van der Waals surface area contributed by atoms with Gasteiger partial charge in [-0.1, -0.05) is 37.5 Å². The Bertz CT molecular complexity index is 886. The Labute approximate surface area is 157 Å². The molecule has 6 nitrogen and oxygen atoms in total. The van der Waals surface area contributed by atoms with Crippen LogP contribution in [0.15, 0.2) is 29.2 Å². The minimum atomic E-state index is -3.91. The molecule has 3 N–H and O–H groups in total. The number of benzene rings is 1. The molecule has 26 heavy (non-hydrogen) atoms. The van der Waals surface area contributed by atoms with E-state index in [0.29, 0.717) is 5.39 Å². The zero-order valence-electron chi connectivity index (χ0n) is 14.7. The number of nitrogens with one attached hydrogen (secondary N) is 1. The lowest BCUT2D eigenvalue weighted by atomic mass is 9.84. The molecule has 1 aromatic carbocycles. The van der Waals surface area contributed by atoms with E-state index < -0.39 is 16.0 Å². The number of hydrogen-bond acceptors (Lipinski definition) is 6. The van der Waals surface area contributed by atoms with Crippen molar-refractivity contribution in [3.8, 4) is 0 Å². The summed E-state index contributed by atoms with van der Waals surface area (Å²) in [6.45, 7) is 0.236. The summed E-state index contributed by atoms with van der Waals surface area (Å²) in [4.78, 5) is 12.3. The van der Waals surface area contributed by atoms with E-state index in [2.05, 4.69) is 4.72 Å². The maximum absolute atomic E-state index is 13.2. The van der Waals surface area contributed by atoms with Crippen LogP contribution in [0, 0.1) is 5.92 Å². The molecular weight excluding hydrogens is 372 g/mol. The minimum absolute atomic E-state index is 0.000732. The van der Waals surface area contributed by atoms with Gasteiger partial charge in [0, 0.05) is 22.7 Å². The predicted octanol–water partition coefficient (Wildman–Crippen LogP) is 2.87. The lowest BCUT2D eigenvalue weighted by molar-refractivity contribution is 0.0602. The molecule has 1 aromatic heterocycles. The molecule has 1 aliphatic carbocycles. The van der Waals surface area contributed by atoms with Crippen LogP contribution in [0.4, 0.5) is 0 Å². The molecule has 2 aromatic rings. The average molecular weight is 397 g/mol. The van der Waals surface area contributed by atoms with Crippen molar-refractivity contribution in [3.63, 3.8) is 0 Å². The maximum Gasteiger partial charge on any atom is 0.349 e. The standard InChI is InChI=1S/C18H24N2O4S2/c1-24-18(21)16-17(13-9-5-6-10-15(13)25-16)26(22,23)20-14(11-19)12-7-3-2-4-8-12/h5-6,9-10,12,14,20H,2-4,7-8,11,19H2,1H3. The van der Waals surface area contributed by atoms with E-state index in [-0.39, 0.29) is 28.3 Å². The van der Waals surface area contributed by atoms with Gasteiger partial charge in [0.15, 0.2) is 0 Å². The van der Waals surface area contributed by atoms with Crippen LogP contribution in [-0.2, 0) is 14.8 Å². The third-order valence-electron chi connectivity index (χ3n) is 4.97. The van der Waals surface area contributed by atoms with Crippen LogP contribution < -0.4 is 10.5 Å². The quantitative estimate of drug-likeness (QED) is 0.732. The van der Waals surface area contributed by atoms with Gasteiger partial charge >= 0.3 is 5.97 Å². The molecule has 1 heterocycles. The Balaban J connectivity index is 2.01. The number of ether oxygens (including phenoxy) is 1. The Morgan fingerprint density at radius 1 is 1.31 bits per heavy atom. The molecule has 0 amide bonds. The van der Waals surface area contributed by atoms with Gasteiger partial charge in [0.2, 0.25) is 10.0 Å². The molecule has 3 rings (SSSR count). The highest BCUT2D eigenvalue weighted by molar-refractivity contribution is 7.90. The second-order valence-corrected chi connectivity index (χ2v) is 9.31. The van der Waals surface area contributed by atoms with Crippen molar-refractivity contribution in [1.82, 2.24) is 4.72 Å². The summed E-state index contributed by atoms with van der Waals surface area (Å²) >= 11 is 1.13. The summed E-state index contributed by atoms with van der Waals surface area (Å²) in [5.74, 6) is -0.413. The number of thiophene rings is 1. The maximum atomic E-state index is 13.2. The van der Waals surface area contributed by atoms with Gasteiger partial charge in [-0.25, -0.2) is 17.9 Å². The fraction of sp³-hybridized carbons (Fsp3) is 0.500. The van der Waals surface area contributed by atoms with Crippen LogP contribution in [0.5, 0.6) is 0 Å². The highest BCUT2D eigenvalue weighted by atomic mass is 32.2. The number of nitrogens with two attached hydrogens (primary N) is 1. The second-order valence-electron chi connectivity index (χ2n) is 6.61. The van der Waals surface area contributed by atoms with E-state index in [4.69, 9.17) is 10.5 Å². The molecular formula is C18H24N2O4S2. The first kappa shape index (κ1) is 19.3. The molecule has 8 heteroatoms. The van der Waals surface area contributed by atoms with Crippen molar-refractivity contribution in [2.45, 2.75) is 43.0 Å². The van der Waals surface area contributed by atoms with E-state index in [1.165, 1.54) is 13.5 Å². The summed E-state index contributed by atoms with van der Waals surface area (Å²) < 4.78 is 34.7. The van der Waals surface area contributed by atoms with Gasteiger partial charge in [0.05, 0.1) is 7.11 Å². The Hall–Kier alpha value is -1.48. The van der Waals surface area contributed by atoms with Gasteiger partial charge in [0.1, 0.15) is 9.77 Å². The molecule has 1 fully saturated rings. The molecule has 0 spiro atoms. The highest BCUT2D eigenvalue weighted by Crippen LogP contribution is 2.36. The van der Waals surface area contributed by atoms with Gasteiger partial charge in [0.25, 0.3) is 0 Å². The number of esters is 1. The number of sulfonamides is 1. The summed E-state index contributed by atoms with van der Waals surface area (Å²) in [7, 11) is -2.66. The van der Waals surface area contributed by atoms with Crippen molar-refractivity contribution in [2.75, 3.05) is 13.7 Å². The van der Waals surface area contributed by atoms with Crippen molar-refractivity contribution in [1.29, 1.82) is 0 Å². The Kier molecular flexibility index (Phi) is 5.96. The van der Waals surface area contributed by atoms with Crippen LogP contribution in [-0.4, -0.2) is 34.1 Å². The number of carbonyl (C=O) groups excluding carboxylic acids is 1. The molecule has 1 saturated carbocycles. The van der Waals surface area contributed by atoms with Gasteiger partial charge in [-0.3, -0.25) is 0 Å². The SMILES string of the molecule is COC(=O)c1sc2ccccc2c1S(=O)(=O)NC(CN)C1CCCCC1. The van der Waals surface area contributed by atoms with Crippen molar-refractivity contribution >= 4 is 37.4 Å². The largest absolute Gasteiger partial charge is 0.465 e. The number of rotatable bonds is 6. The van der Waals surface area contributed by atoms with Crippen LogP contribution in [0.2, 0.25) is 0 Å². The van der Waals surface area contributed by atoms with Gasteiger partial charge in [-0.15, -0.1) is 11.3 Å². The van der Waals surface area contributed by atoms with E-state index in [0.717, 1.165) is 41.7 Å². The molecule has 1 aliphatic rings. The lowest BCUT2D eigenvalue weighted by Gasteiger charge is -2.29. The fourth-order valence-corrected chi connectivity index (χ4v) is 6.78. The third-order valence-corrected chi connectivity index (χ3v) is 7.82. The topological polar surface area (TPSA) is 98.5 Å². The number of fused-ring (bicyclic) bond motifs is 1. The summed E-state index contributed by atoms with van der Waals surface area (Å²) in [6.07, 6.45) is 5.31. The van der Waals surface area contributed by atoms with Gasteiger partial charge in [-0.2, -0.15) is 0 Å². The monoisotopic (exact) mass is 396 g/mol. The predicted molar refractivity (Wildman–Crippen MR) is 103 cm³/mol. The molecule has 1 unspecified atom stereocenters. The minimum Gasteiger partial charge on any atom is -0.465 e. The summed E-state index contributed by atoms with van der Waals surface area (Å²) in [5, 5.41) is 0.532. The zero-order valence-corrected chi connectivity index (χ0v) is 16.4. The van der Waals surface area contributed by atoms with Crippen LogP contribution in [0.25, 0.3) is 10.1 Å². The Morgan fingerprint density at radius 2 is 2.00 bits per heavy atom. The molecule has 0 radical (unpaired) electrons. The van der Waals surface area contributed by atoms with E-state index in [1.54, 1.807) is 18.2 Å². The fourth-order valence-electron chi connectivity index (χ4n) is 3.65. The molecule has 0 saturated heterocycles. The van der Waals surface area contributed by atoms with Crippen molar-refractivity contribution in [2.24, 2.45) is 11.7 Å². The molecule has 142 valence electrons.